The summed E-state index contributed by atoms with van der Waals surface area (Å²) in [6, 6.07) is 3.29. The summed E-state index contributed by atoms with van der Waals surface area (Å²) >= 11 is 0. The van der Waals surface area contributed by atoms with Gasteiger partial charge < -0.3 is 5.73 Å². The van der Waals surface area contributed by atoms with Gasteiger partial charge in [0, 0.05) is 12.5 Å². The van der Waals surface area contributed by atoms with Gasteiger partial charge in [0.1, 0.15) is 23.3 Å². The number of nitrogen functional groups attached to an aromatic ring is 1. The van der Waals surface area contributed by atoms with Crippen LogP contribution in [0.3, 0.4) is 0 Å². The molecule has 0 saturated heterocycles. The van der Waals surface area contributed by atoms with Crippen molar-refractivity contribution in [2.24, 2.45) is 0 Å². The van der Waals surface area contributed by atoms with Gasteiger partial charge in [0.05, 0.1) is 0 Å². The van der Waals surface area contributed by atoms with E-state index >= 15 is 0 Å². The number of nitrogens with zero attached hydrogens (tertiary/aromatic N) is 3. The molecule has 1 heterocycles. The number of rotatable bonds is 2. The Labute approximate surface area is 96.5 Å². The van der Waals surface area contributed by atoms with E-state index in [2.05, 4.69) is 15.0 Å². The molecule has 0 unspecified atom stereocenters. The Hall–Kier alpha value is -2.11. The van der Waals surface area contributed by atoms with Gasteiger partial charge in [-0.15, -0.1) is 0 Å². The highest BCUT2D eigenvalue weighted by Crippen LogP contribution is 2.11. The van der Waals surface area contributed by atoms with Crippen LogP contribution in [0.1, 0.15) is 17.2 Å². The second kappa shape index (κ2) is 4.40. The number of benzene rings is 1. The molecule has 0 aliphatic rings. The average molecular weight is 236 g/mol. The predicted octanol–water partition coefficient (Wildman–Crippen LogP) is 1.63. The van der Waals surface area contributed by atoms with Crippen LogP contribution in [0.15, 0.2) is 18.2 Å². The Morgan fingerprint density at radius 3 is 2.29 bits per heavy atom. The second-order valence-corrected chi connectivity index (χ2v) is 3.61. The number of aromatic nitrogens is 3. The van der Waals surface area contributed by atoms with Gasteiger partial charge in [0.25, 0.3) is 0 Å². The van der Waals surface area contributed by atoms with E-state index in [-0.39, 0.29) is 12.4 Å². The van der Waals surface area contributed by atoms with Crippen molar-refractivity contribution in [1.82, 2.24) is 15.0 Å². The maximum absolute atomic E-state index is 13.0. The fourth-order valence-corrected chi connectivity index (χ4v) is 1.53. The molecule has 2 aromatic rings. The van der Waals surface area contributed by atoms with E-state index < -0.39 is 11.6 Å². The molecule has 1 aromatic carbocycles. The second-order valence-electron chi connectivity index (χ2n) is 3.61. The average Bonchev–Trinajstić information content (AvgIpc) is 2.13. The minimum atomic E-state index is -0.626. The fourth-order valence-electron chi connectivity index (χ4n) is 1.53. The zero-order valence-corrected chi connectivity index (χ0v) is 9.11. The van der Waals surface area contributed by atoms with Crippen molar-refractivity contribution in [3.05, 3.63) is 47.0 Å². The molecular formula is C11H10F2N4. The van der Waals surface area contributed by atoms with Gasteiger partial charge >= 0.3 is 0 Å². The van der Waals surface area contributed by atoms with Crippen LogP contribution in [-0.2, 0) is 6.42 Å². The summed E-state index contributed by atoms with van der Waals surface area (Å²) in [5.74, 6) is -0.286. The summed E-state index contributed by atoms with van der Waals surface area (Å²) in [6.07, 6.45) is 0.211. The summed E-state index contributed by atoms with van der Waals surface area (Å²) < 4.78 is 25.9. The van der Waals surface area contributed by atoms with Gasteiger partial charge in [0.2, 0.25) is 5.95 Å². The minimum absolute atomic E-state index is 0.101. The normalized spacial score (nSPS) is 10.5. The summed E-state index contributed by atoms with van der Waals surface area (Å²) in [5, 5.41) is 0. The molecule has 0 radical (unpaired) electrons. The van der Waals surface area contributed by atoms with Gasteiger partial charge in [0.15, 0.2) is 0 Å². The number of anilines is 1. The van der Waals surface area contributed by atoms with Crippen LogP contribution in [0.25, 0.3) is 0 Å². The lowest BCUT2D eigenvalue weighted by Gasteiger charge is -2.03. The Kier molecular flexibility index (Phi) is 2.95. The maximum atomic E-state index is 13.0. The zero-order valence-electron chi connectivity index (χ0n) is 9.11. The fraction of sp³-hybridized carbons (Fsp3) is 0.182. The standard InChI is InChI=1S/C11H10F2N4/c1-6-15-10(17-11(14)16-6)4-7-2-8(12)5-9(13)3-7/h2-3,5H,4H2,1H3,(H2,14,15,16,17). The third-order valence-corrected chi connectivity index (χ3v) is 2.10. The van der Waals surface area contributed by atoms with Crippen molar-refractivity contribution in [1.29, 1.82) is 0 Å². The van der Waals surface area contributed by atoms with Crippen LogP contribution in [-0.4, -0.2) is 15.0 Å². The monoisotopic (exact) mass is 236 g/mol. The smallest absolute Gasteiger partial charge is 0.223 e. The van der Waals surface area contributed by atoms with E-state index in [0.717, 1.165) is 6.07 Å². The molecular weight excluding hydrogens is 226 g/mol. The van der Waals surface area contributed by atoms with Crippen LogP contribution in [0.2, 0.25) is 0 Å². The van der Waals surface area contributed by atoms with E-state index in [0.29, 0.717) is 17.2 Å². The molecule has 0 bridgehead atoms. The molecule has 0 fully saturated rings. The molecule has 4 nitrogen and oxygen atoms in total. The third kappa shape index (κ3) is 2.93. The molecule has 17 heavy (non-hydrogen) atoms. The first-order valence-corrected chi connectivity index (χ1v) is 4.95. The molecule has 2 N–H and O–H groups in total. The molecule has 0 aliphatic carbocycles. The van der Waals surface area contributed by atoms with Gasteiger partial charge in [-0.05, 0) is 24.6 Å². The number of halogens is 2. The molecule has 1 aromatic heterocycles. The van der Waals surface area contributed by atoms with Crippen molar-refractivity contribution in [3.63, 3.8) is 0 Å². The quantitative estimate of drug-likeness (QED) is 0.860. The van der Waals surface area contributed by atoms with Crippen molar-refractivity contribution in [3.8, 4) is 0 Å². The molecule has 0 aliphatic heterocycles. The van der Waals surface area contributed by atoms with Gasteiger partial charge in [-0.3, -0.25) is 0 Å². The summed E-state index contributed by atoms with van der Waals surface area (Å²) in [7, 11) is 0. The number of hydrogen-bond donors (Lipinski definition) is 1. The Balaban J connectivity index is 2.31. The lowest BCUT2D eigenvalue weighted by atomic mass is 10.1. The minimum Gasteiger partial charge on any atom is -0.368 e. The Morgan fingerprint density at radius 1 is 1.06 bits per heavy atom. The first kappa shape index (κ1) is 11.4. The first-order chi connectivity index (χ1) is 8.02. The highest BCUT2D eigenvalue weighted by Gasteiger charge is 2.05. The summed E-state index contributed by atoms with van der Waals surface area (Å²) in [6.45, 7) is 1.67. The highest BCUT2D eigenvalue weighted by atomic mass is 19.1. The number of nitrogens with two attached hydrogens (primary N) is 1. The van der Waals surface area contributed by atoms with Gasteiger partial charge in [-0.1, -0.05) is 0 Å². The van der Waals surface area contributed by atoms with E-state index in [9.17, 15) is 8.78 Å². The van der Waals surface area contributed by atoms with Gasteiger partial charge in [-0.2, -0.15) is 9.97 Å². The zero-order chi connectivity index (χ0) is 12.4. The maximum Gasteiger partial charge on any atom is 0.223 e. The van der Waals surface area contributed by atoms with Crippen molar-refractivity contribution in [2.75, 3.05) is 5.73 Å². The first-order valence-electron chi connectivity index (χ1n) is 4.95. The molecule has 0 saturated carbocycles. The topological polar surface area (TPSA) is 64.7 Å². The van der Waals surface area contributed by atoms with E-state index in [4.69, 9.17) is 5.73 Å². The van der Waals surface area contributed by atoms with Crippen LogP contribution in [0.5, 0.6) is 0 Å². The van der Waals surface area contributed by atoms with E-state index in [1.807, 2.05) is 0 Å². The Morgan fingerprint density at radius 2 is 1.71 bits per heavy atom. The SMILES string of the molecule is Cc1nc(N)nc(Cc2cc(F)cc(F)c2)n1. The Bertz CT molecular complexity index is 467. The van der Waals surface area contributed by atoms with Crippen LogP contribution in [0, 0.1) is 18.6 Å². The van der Waals surface area contributed by atoms with Crippen molar-refractivity contribution in [2.45, 2.75) is 13.3 Å². The van der Waals surface area contributed by atoms with Crippen LogP contribution in [0.4, 0.5) is 14.7 Å². The molecule has 0 amide bonds. The van der Waals surface area contributed by atoms with Crippen LogP contribution >= 0.6 is 0 Å². The lowest BCUT2D eigenvalue weighted by Crippen LogP contribution is -2.05. The van der Waals surface area contributed by atoms with Crippen molar-refractivity contribution >= 4 is 5.95 Å². The molecule has 2 rings (SSSR count). The highest BCUT2D eigenvalue weighted by molar-refractivity contribution is 5.23. The number of hydrogen-bond acceptors (Lipinski definition) is 4. The molecule has 0 atom stereocenters. The molecule has 0 spiro atoms. The van der Waals surface area contributed by atoms with Gasteiger partial charge in [-0.25, -0.2) is 13.8 Å². The number of aryl methyl sites for hydroxylation is 1. The molecule has 88 valence electrons. The lowest BCUT2D eigenvalue weighted by molar-refractivity contribution is 0.580. The summed E-state index contributed by atoms with van der Waals surface area (Å²) in [5.41, 5.74) is 5.91. The predicted molar refractivity (Wildman–Crippen MR) is 58.1 cm³/mol. The van der Waals surface area contributed by atoms with E-state index in [1.165, 1.54) is 12.1 Å². The summed E-state index contributed by atoms with van der Waals surface area (Å²) in [4.78, 5) is 11.8. The molecule has 6 heteroatoms. The van der Waals surface area contributed by atoms with E-state index in [1.54, 1.807) is 6.92 Å². The largest absolute Gasteiger partial charge is 0.368 e. The van der Waals surface area contributed by atoms with Crippen LogP contribution < -0.4 is 5.73 Å². The third-order valence-electron chi connectivity index (χ3n) is 2.10. The van der Waals surface area contributed by atoms with Crippen molar-refractivity contribution < 1.29 is 8.78 Å².